The molecule has 3 aromatic rings. The van der Waals surface area contributed by atoms with Crippen LogP contribution in [-0.4, -0.2) is 24.3 Å². The Morgan fingerprint density at radius 2 is 2.00 bits per heavy atom. The van der Waals surface area contributed by atoms with E-state index in [1.807, 2.05) is 30.3 Å². The highest BCUT2D eigenvalue weighted by Gasteiger charge is 2.33. The number of nitrogens with zero attached hydrogens (tertiary/aromatic N) is 2. The molecule has 0 N–H and O–H groups in total. The summed E-state index contributed by atoms with van der Waals surface area (Å²) in [5, 5.41) is 0.564. The molecule has 0 saturated carbocycles. The summed E-state index contributed by atoms with van der Waals surface area (Å²) in [7, 11) is 1.60. The van der Waals surface area contributed by atoms with Crippen LogP contribution in [-0.2, 0) is 9.53 Å². The van der Waals surface area contributed by atoms with E-state index in [4.69, 9.17) is 21.1 Å². The number of ether oxygens (including phenoxy) is 2. The van der Waals surface area contributed by atoms with Crippen molar-refractivity contribution in [2.75, 3.05) is 13.7 Å². The number of esters is 1. The molecule has 0 aliphatic carbocycles. The van der Waals surface area contributed by atoms with Gasteiger partial charge in [-0.25, -0.2) is 9.79 Å². The summed E-state index contributed by atoms with van der Waals surface area (Å²) in [6.07, 6.45) is 1.80. The van der Waals surface area contributed by atoms with Crippen LogP contribution in [0, 0.1) is 0 Å². The van der Waals surface area contributed by atoms with Crippen molar-refractivity contribution in [3.05, 3.63) is 94.0 Å². The van der Waals surface area contributed by atoms with Gasteiger partial charge in [-0.3, -0.25) is 9.36 Å². The van der Waals surface area contributed by atoms with Crippen LogP contribution in [0.3, 0.4) is 0 Å². The summed E-state index contributed by atoms with van der Waals surface area (Å²) in [6, 6.07) is 12.0. The minimum atomic E-state index is -0.665. The first-order chi connectivity index (χ1) is 15.8. The quantitative estimate of drug-likeness (QED) is 0.449. The molecule has 1 aliphatic rings. The Bertz CT molecular complexity index is 1440. The zero-order chi connectivity index (χ0) is 23.7. The molecule has 0 radical (unpaired) electrons. The van der Waals surface area contributed by atoms with Crippen LogP contribution in [0.1, 0.15) is 31.0 Å². The normalized spacial score (nSPS) is 15.8. The summed E-state index contributed by atoms with van der Waals surface area (Å²) in [5.41, 5.74) is 2.20. The highest BCUT2D eigenvalue weighted by atomic mass is 79.9. The van der Waals surface area contributed by atoms with Gasteiger partial charge in [-0.2, -0.15) is 0 Å². The van der Waals surface area contributed by atoms with Crippen molar-refractivity contribution in [3.63, 3.8) is 0 Å². The highest BCUT2D eigenvalue weighted by molar-refractivity contribution is 9.10. The first-order valence-corrected chi connectivity index (χ1v) is 12.1. The molecule has 6 nitrogen and oxygen atoms in total. The fraction of sp³-hybridized carbons (Fsp3) is 0.208. The van der Waals surface area contributed by atoms with Gasteiger partial charge in [0.1, 0.15) is 5.75 Å². The predicted octanol–water partition coefficient (Wildman–Crippen LogP) is 4.22. The number of carbonyl (C=O) groups excluding carboxylic acids is 1. The van der Waals surface area contributed by atoms with Crippen molar-refractivity contribution in [1.29, 1.82) is 0 Å². The molecule has 2 aromatic carbocycles. The number of halogens is 2. The average molecular weight is 548 g/mol. The van der Waals surface area contributed by atoms with Gasteiger partial charge in [0.15, 0.2) is 4.80 Å². The molecule has 2 heterocycles. The number of hydrogen-bond donors (Lipinski definition) is 0. The van der Waals surface area contributed by atoms with Crippen molar-refractivity contribution in [2.45, 2.75) is 19.9 Å². The van der Waals surface area contributed by atoms with E-state index < -0.39 is 12.0 Å². The van der Waals surface area contributed by atoms with Crippen molar-refractivity contribution < 1.29 is 14.3 Å². The van der Waals surface area contributed by atoms with E-state index in [1.54, 1.807) is 43.7 Å². The number of fused-ring (bicyclic) bond motifs is 1. The molecule has 1 atom stereocenters. The zero-order valence-electron chi connectivity index (χ0n) is 18.1. The molecule has 0 unspecified atom stereocenters. The third kappa shape index (κ3) is 4.55. The summed E-state index contributed by atoms with van der Waals surface area (Å²) in [5.74, 6) is 0.207. The molecular weight excluding hydrogens is 528 g/mol. The molecule has 0 fully saturated rings. The number of aromatic nitrogens is 1. The summed E-state index contributed by atoms with van der Waals surface area (Å²) >= 11 is 10.8. The molecule has 0 spiro atoms. The molecule has 9 heteroatoms. The average Bonchev–Trinajstić information content (AvgIpc) is 3.08. The summed E-state index contributed by atoms with van der Waals surface area (Å²) in [4.78, 5) is 31.5. The second-order valence-electron chi connectivity index (χ2n) is 7.25. The molecule has 4 rings (SSSR count). The molecule has 1 aromatic heterocycles. The Morgan fingerprint density at radius 3 is 2.64 bits per heavy atom. The van der Waals surface area contributed by atoms with Gasteiger partial charge in [0.25, 0.3) is 5.56 Å². The monoisotopic (exact) mass is 546 g/mol. The molecule has 1 aliphatic heterocycles. The molecule has 0 bridgehead atoms. The fourth-order valence-electron chi connectivity index (χ4n) is 3.68. The van der Waals surface area contributed by atoms with E-state index in [2.05, 4.69) is 20.9 Å². The van der Waals surface area contributed by atoms with E-state index >= 15 is 0 Å². The number of thiazole rings is 1. The molecule has 0 saturated heterocycles. The fourth-order valence-corrected chi connectivity index (χ4v) is 5.41. The van der Waals surface area contributed by atoms with Crippen molar-refractivity contribution >= 4 is 50.9 Å². The van der Waals surface area contributed by atoms with E-state index in [1.165, 1.54) is 11.3 Å². The van der Waals surface area contributed by atoms with Gasteiger partial charge in [0, 0.05) is 5.02 Å². The Hall–Kier alpha value is -2.68. The second kappa shape index (κ2) is 9.67. The molecule has 170 valence electrons. The maximum atomic E-state index is 13.6. The van der Waals surface area contributed by atoms with E-state index in [9.17, 15) is 9.59 Å². The van der Waals surface area contributed by atoms with Crippen molar-refractivity contribution in [1.82, 2.24) is 4.57 Å². The number of hydrogen-bond acceptors (Lipinski definition) is 6. The number of methoxy groups -OCH3 is 1. The van der Waals surface area contributed by atoms with Gasteiger partial charge in [0.05, 0.1) is 40.0 Å². The largest absolute Gasteiger partial charge is 0.496 e. The first-order valence-electron chi connectivity index (χ1n) is 10.1. The Balaban J connectivity index is 1.93. The van der Waals surface area contributed by atoms with Gasteiger partial charge < -0.3 is 9.47 Å². The van der Waals surface area contributed by atoms with Crippen LogP contribution < -0.4 is 19.6 Å². The van der Waals surface area contributed by atoms with Gasteiger partial charge in [-0.05, 0) is 71.2 Å². The topological polar surface area (TPSA) is 69.9 Å². The lowest BCUT2D eigenvalue weighted by atomic mass is 9.96. The molecule has 33 heavy (non-hydrogen) atoms. The van der Waals surface area contributed by atoms with E-state index in [0.29, 0.717) is 31.4 Å². The maximum Gasteiger partial charge on any atom is 0.338 e. The van der Waals surface area contributed by atoms with Crippen molar-refractivity contribution in [3.8, 4) is 5.75 Å². The lowest BCUT2D eigenvalue weighted by molar-refractivity contribution is -0.139. The number of rotatable bonds is 5. The van der Waals surface area contributed by atoms with Crippen LogP contribution in [0.25, 0.3) is 6.08 Å². The van der Waals surface area contributed by atoms with Crippen molar-refractivity contribution in [2.24, 2.45) is 4.99 Å². The van der Waals surface area contributed by atoms with Crippen LogP contribution >= 0.6 is 38.9 Å². The number of carbonyl (C=O) groups is 1. The molecule has 0 amide bonds. The Labute approximate surface area is 207 Å². The smallest absolute Gasteiger partial charge is 0.338 e. The zero-order valence-corrected chi connectivity index (χ0v) is 21.3. The Kier molecular flexibility index (Phi) is 6.88. The van der Waals surface area contributed by atoms with Gasteiger partial charge in [-0.15, -0.1) is 0 Å². The maximum absolute atomic E-state index is 13.6. The number of allylic oxidation sites excluding steroid dienone is 1. The highest BCUT2D eigenvalue weighted by Crippen LogP contribution is 2.31. The number of benzene rings is 2. The minimum Gasteiger partial charge on any atom is -0.496 e. The van der Waals surface area contributed by atoms with E-state index in [0.717, 1.165) is 15.6 Å². The van der Waals surface area contributed by atoms with Gasteiger partial charge in [-0.1, -0.05) is 41.1 Å². The van der Waals surface area contributed by atoms with Crippen LogP contribution in [0.15, 0.2) is 68.0 Å². The third-order valence-corrected chi connectivity index (χ3v) is 7.03. The second-order valence-corrected chi connectivity index (χ2v) is 9.55. The summed E-state index contributed by atoms with van der Waals surface area (Å²) < 4.78 is 13.4. The van der Waals surface area contributed by atoms with E-state index in [-0.39, 0.29) is 12.2 Å². The predicted molar refractivity (Wildman–Crippen MR) is 133 cm³/mol. The van der Waals surface area contributed by atoms with Crippen LogP contribution in [0.4, 0.5) is 0 Å². The van der Waals surface area contributed by atoms with Gasteiger partial charge in [0.2, 0.25) is 0 Å². The van der Waals surface area contributed by atoms with Gasteiger partial charge >= 0.3 is 5.97 Å². The Morgan fingerprint density at radius 1 is 1.27 bits per heavy atom. The lowest BCUT2D eigenvalue weighted by Crippen LogP contribution is -2.39. The lowest BCUT2D eigenvalue weighted by Gasteiger charge is -2.24. The molecular formula is C24H20BrClN2O4S. The first kappa shape index (κ1) is 23.5. The standard InChI is InChI=1S/C24H20BrClN2O4S/c1-4-32-23(30)20-13(2)27-24-28(21(20)15-6-8-16(26)9-7-15)22(29)19(33-24)12-14-5-10-18(31-3)17(25)11-14/h5-12,21H,4H2,1-3H3/b19-12-/t21-/m1/s1. The third-order valence-electron chi connectivity index (χ3n) is 5.18. The van der Waals surface area contributed by atoms with Crippen LogP contribution in [0.5, 0.6) is 5.75 Å². The SMILES string of the molecule is CCOC(=O)C1=C(C)N=c2s/c(=C\c3ccc(OC)c(Br)c3)c(=O)n2[C@@H]1c1ccc(Cl)cc1. The van der Waals surface area contributed by atoms with Crippen LogP contribution in [0.2, 0.25) is 5.02 Å². The summed E-state index contributed by atoms with van der Waals surface area (Å²) in [6.45, 7) is 3.72. The minimum absolute atomic E-state index is 0.222.